The van der Waals surface area contributed by atoms with E-state index in [0.29, 0.717) is 23.5 Å². The highest BCUT2D eigenvalue weighted by Gasteiger charge is 2.21. The smallest absolute Gasteiger partial charge is 0.334 e. The zero-order valence-electron chi connectivity index (χ0n) is 13.8. The molecule has 23 heavy (non-hydrogen) atoms. The Hall–Kier alpha value is -2.50. The van der Waals surface area contributed by atoms with Crippen molar-refractivity contribution in [3.05, 3.63) is 47.5 Å². The van der Waals surface area contributed by atoms with Crippen molar-refractivity contribution in [2.75, 3.05) is 20.8 Å². The number of rotatable bonds is 5. The van der Waals surface area contributed by atoms with Crippen LogP contribution in [0.5, 0.6) is 0 Å². The monoisotopic (exact) mass is 322 g/mol. The SMILES string of the molecule is CC.COC1=CC=C(C(=O)OC[C@@H]2C=CC(=O)O2)CC(OC)=C1. The second kappa shape index (κ2) is 9.50. The molecule has 2 aliphatic rings. The predicted octanol–water partition coefficient (Wildman–Crippen LogP) is 2.43. The molecule has 0 saturated carbocycles. The van der Waals surface area contributed by atoms with Gasteiger partial charge >= 0.3 is 11.9 Å². The van der Waals surface area contributed by atoms with Gasteiger partial charge in [-0.1, -0.05) is 13.8 Å². The largest absolute Gasteiger partial charge is 0.501 e. The summed E-state index contributed by atoms with van der Waals surface area (Å²) in [6, 6.07) is 0. The average Bonchev–Trinajstić information content (AvgIpc) is 2.88. The first kappa shape index (κ1) is 18.5. The molecule has 0 spiro atoms. The summed E-state index contributed by atoms with van der Waals surface area (Å²) in [4.78, 5) is 22.9. The molecule has 0 amide bonds. The summed E-state index contributed by atoms with van der Waals surface area (Å²) in [6.45, 7) is 3.99. The van der Waals surface area contributed by atoms with Crippen LogP contribution in [0.4, 0.5) is 0 Å². The third-order valence-electron chi connectivity index (χ3n) is 2.97. The van der Waals surface area contributed by atoms with Crippen molar-refractivity contribution >= 4 is 11.9 Å². The number of hydrogen-bond donors (Lipinski definition) is 0. The maximum Gasteiger partial charge on any atom is 0.334 e. The van der Waals surface area contributed by atoms with Crippen molar-refractivity contribution < 1.29 is 28.5 Å². The van der Waals surface area contributed by atoms with E-state index >= 15 is 0 Å². The van der Waals surface area contributed by atoms with E-state index in [-0.39, 0.29) is 6.61 Å². The van der Waals surface area contributed by atoms with Gasteiger partial charge < -0.3 is 18.9 Å². The van der Waals surface area contributed by atoms with E-state index in [0.717, 1.165) is 0 Å². The molecule has 0 aromatic carbocycles. The van der Waals surface area contributed by atoms with E-state index in [9.17, 15) is 9.59 Å². The van der Waals surface area contributed by atoms with Crippen LogP contribution in [-0.4, -0.2) is 38.9 Å². The van der Waals surface area contributed by atoms with Crippen molar-refractivity contribution in [1.29, 1.82) is 0 Å². The Bertz CT molecular complexity index is 553. The molecule has 2 rings (SSSR count). The summed E-state index contributed by atoms with van der Waals surface area (Å²) < 4.78 is 20.3. The Kier molecular flexibility index (Phi) is 7.66. The Morgan fingerprint density at radius 2 is 2.00 bits per heavy atom. The molecule has 6 nitrogen and oxygen atoms in total. The number of allylic oxidation sites excluding steroid dienone is 4. The van der Waals surface area contributed by atoms with Crippen molar-refractivity contribution in [3.63, 3.8) is 0 Å². The molecule has 0 aromatic rings. The van der Waals surface area contributed by atoms with Gasteiger partial charge in [-0.15, -0.1) is 0 Å². The zero-order valence-corrected chi connectivity index (χ0v) is 13.8. The maximum absolute atomic E-state index is 12.0. The first-order valence-corrected chi connectivity index (χ1v) is 7.37. The third kappa shape index (κ3) is 5.65. The number of ether oxygens (including phenoxy) is 4. The van der Waals surface area contributed by atoms with Crippen LogP contribution >= 0.6 is 0 Å². The summed E-state index contributed by atoms with van der Waals surface area (Å²) in [6.07, 6.45) is 7.65. The van der Waals surface area contributed by atoms with Gasteiger partial charge in [0.25, 0.3) is 0 Å². The van der Waals surface area contributed by atoms with Gasteiger partial charge in [-0.2, -0.15) is 0 Å². The summed E-state index contributed by atoms with van der Waals surface area (Å²) >= 11 is 0. The van der Waals surface area contributed by atoms with Crippen LogP contribution in [0.2, 0.25) is 0 Å². The Balaban J connectivity index is 0.00000127. The Morgan fingerprint density at radius 1 is 1.26 bits per heavy atom. The van der Waals surface area contributed by atoms with Gasteiger partial charge in [0.05, 0.1) is 14.2 Å². The second-order valence-corrected chi connectivity index (χ2v) is 4.39. The molecular weight excluding hydrogens is 300 g/mol. The molecule has 1 aliphatic carbocycles. The molecule has 6 heteroatoms. The molecule has 0 unspecified atom stereocenters. The lowest BCUT2D eigenvalue weighted by Crippen LogP contribution is -2.19. The molecule has 0 fully saturated rings. The molecule has 1 aliphatic heterocycles. The summed E-state index contributed by atoms with van der Waals surface area (Å²) in [5.74, 6) is 0.267. The van der Waals surface area contributed by atoms with Gasteiger partial charge in [0.15, 0.2) is 6.10 Å². The van der Waals surface area contributed by atoms with Crippen molar-refractivity contribution in [3.8, 4) is 0 Å². The van der Waals surface area contributed by atoms with Crippen LogP contribution < -0.4 is 0 Å². The number of carbonyl (C=O) groups is 2. The molecule has 1 atom stereocenters. The highest BCUT2D eigenvalue weighted by molar-refractivity contribution is 5.89. The lowest BCUT2D eigenvalue weighted by Gasteiger charge is -2.11. The van der Waals surface area contributed by atoms with E-state index in [1.54, 1.807) is 24.3 Å². The predicted molar refractivity (Wildman–Crippen MR) is 84.2 cm³/mol. The Morgan fingerprint density at radius 3 is 2.57 bits per heavy atom. The lowest BCUT2D eigenvalue weighted by molar-refractivity contribution is -0.148. The van der Waals surface area contributed by atoms with Crippen LogP contribution in [0.25, 0.3) is 0 Å². The minimum Gasteiger partial charge on any atom is -0.501 e. The number of methoxy groups -OCH3 is 2. The Labute approximate surface area is 136 Å². The zero-order chi connectivity index (χ0) is 17.2. The average molecular weight is 322 g/mol. The molecule has 126 valence electrons. The summed E-state index contributed by atoms with van der Waals surface area (Å²) in [5, 5.41) is 0. The third-order valence-corrected chi connectivity index (χ3v) is 2.97. The van der Waals surface area contributed by atoms with E-state index in [4.69, 9.17) is 18.9 Å². The normalized spacial score (nSPS) is 19.2. The molecule has 0 saturated heterocycles. The minimum absolute atomic E-state index is 0.00864. The minimum atomic E-state index is -0.518. The summed E-state index contributed by atoms with van der Waals surface area (Å²) in [7, 11) is 3.06. The number of carbonyl (C=O) groups excluding carboxylic acids is 2. The van der Waals surface area contributed by atoms with E-state index in [1.807, 2.05) is 13.8 Å². The van der Waals surface area contributed by atoms with Gasteiger partial charge in [0.1, 0.15) is 18.1 Å². The first-order chi connectivity index (χ1) is 11.1. The van der Waals surface area contributed by atoms with Gasteiger partial charge in [0, 0.05) is 24.1 Å². The van der Waals surface area contributed by atoms with E-state index < -0.39 is 18.0 Å². The fourth-order valence-electron chi connectivity index (χ4n) is 1.84. The number of cyclic esters (lactones) is 1. The van der Waals surface area contributed by atoms with Crippen molar-refractivity contribution in [2.45, 2.75) is 26.4 Å². The second-order valence-electron chi connectivity index (χ2n) is 4.39. The van der Waals surface area contributed by atoms with Crippen LogP contribution in [-0.2, 0) is 28.5 Å². The highest BCUT2D eigenvalue weighted by atomic mass is 16.6. The molecule has 0 bridgehead atoms. The molecular formula is C17H22O6. The fraction of sp³-hybridized carbons (Fsp3) is 0.412. The quantitative estimate of drug-likeness (QED) is 0.724. The van der Waals surface area contributed by atoms with Gasteiger partial charge in [0.2, 0.25) is 0 Å². The van der Waals surface area contributed by atoms with Crippen LogP contribution in [0, 0.1) is 0 Å². The van der Waals surface area contributed by atoms with Crippen LogP contribution in [0.15, 0.2) is 47.5 Å². The van der Waals surface area contributed by atoms with Crippen molar-refractivity contribution in [2.24, 2.45) is 0 Å². The number of esters is 2. The van der Waals surface area contributed by atoms with E-state index in [1.165, 1.54) is 20.3 Å². The van der Waals surface area contributed by atoms with Crippen LogP contribution in [0.3, 0.4) is 0 Å². The number of hydrogen-bond acceptors (Lipinski definition) is 6. The van der Waals surface area contributed by atoms with Crippen LogP contribution in [0.1, 0.15) is 20.3 Å². The molecule has 1 heterocycles. The first-order valence-electron chi connectivity index (χ1n) is 7.37. The highest BCUT2D eigenvalue weighted by Crippen LogP contribution is 2.20. The maximum atomic E-state index is 12.0. The van der Waals surface area contributed by atoms with Crippen molar-refractivity contribution in [1.82, 2.24) is 0 Å². The lowest BCUT2D eigenvalue weighted by atomic mass is 10.1. The molecule has 0 radical (unpaired) electrons. The van der Waals surface area contributed by atoms with Gasteiger partial charge in [-0.25, -0.2) is 9.59 Å². The van der Waals surface area contributed by atoms with Gasteiger partial charge in [-0.05, 0) is 18.2 Å². The molecule has 0 N–H and O–H groups in total. The topological polar surface area (TPSA) is 71.1 Å². The fourth-order valence-corrected chi connectivity index (χ4v) is 1.84. The summed E-state index contributed by atoms with van der Waals surface area (Å²) in [5.41, 5.74) is 0.434. The standard InChI is InChI=1S/C15H16O6.C2H6/c1-18-11-4-3-10(7-13(8-11)19-2)15(17)20-9-12-5-6-14(16)21-12;1-2/h3-6,8,12H,7,9H2,1-2H3;1-2H3/t12-;/m0./s1. The van der Waals surface area contributed by atoms with E-state index in [2.05, 4.69) is 0 Å². The van der Waals surface area contributed by atoms with Gasteiger partial charge in [-0.3, -0.25) is 0 Å². The molecule has 0 aromatic heterocycles.